The summed E-state index contributed by atoms with van der Waals surface area (Å²) in [6.07, 6.45) is 0.0748. The largest absolute Gasteiger partial charge is 0.394 e. The summed E-state index contributed by atoms with van der Waals surface area (Å²) in [6.45, 7) is 3.53. The molecule has 0 aliphatic heterocycles. The van der Waals surface area contributed by atoms with E-state index in [1.165, 1.54) is 6.61 Å². The maximum atomic E-state index is 8.65. The molecular weight excluding hydrogens is 120 g/mol. The van der Waals surface area contributed by atoms with Gasteiger partial charge >= 0.3 is 0 Å². The van der Waals surface area contributed by atoms with E-state index in [4.69, 9.17) is 14.9 Å². The zero-order valence-electron chi connectivity index (χ0n) is 5.58. The van der Waals surface area contributed by atoms with Crippen molar-refractivity contribution < 1.29 is 14.9 Å². The van der Waals surface area contributed by atoms with Crippen LogP contribution in [-0.2, 0) is 4.74 Å². The summed E-state index contributed by atoms with van der Waals surface area (Å²) in [6, 6.07) is 0. The molecule has 3 nitrogen and oxygen atoms in total. The van der Waals surface area contributed by atoms with Crippen molar-refractivity contribution in [1.82, 2.24) is 0 Å². The molecule has 2 N–H and O–H groups in total. The SMILES string of the molecule is CCCO[CH]C(O)CO. The monoisotopic (exact) mass is 133 g/mol. The second-order valence-electron chi connectivity index (χ2n) is 1.76. The average molecular weight is 133 g/mol. The molecule has 0 heterocycles. The van der Waals surface area contributed by atoms with Crippen molar-refractivity contribution in [2.45, 2.75) is 19.4 Å². The molecule has 0 aliphatic rings. The van der Waals surface area contributed by atoms with Crippen molar-refractivity contribution in [3.63, 3.8) is 0 Å². The van der Waals surface area contributed by atoms with Gasteiger partial charge in [0.05, 0.1) is 6.61 Å². The van der Waals surface area contributed by atoms with Crippen LogP contribution in [0.3, 0.4) is 0 Å². The minimum atomic E-state index is -0.837. The minimum absolute atomic E-state index is 0.274. The molecule has 0 rings (SSSR count). The molecular formula is C6H13O3. The molecule has 0 aromatic carbocycles. The molecule has 0 saturated carbocycles. The molecule has 9 heavy (non-hydrogen) atoms. The third-order valence-corrected chi connectivity index (χ3v) is 0.762. The Kier molecular flexibility index (Phi) is 5.93. The standard InChI is InChI=1S/C6H13O3/c1-2-3-9-5-6(8)4-7/h5-8H,2-4H2,1H3. The number of hydrogen-bond donors (Lipinski definition) is 2. The molecule has 1 radical (unpaired) electrons. The average Bonchev–Trinajstić information content (AvgIpc) is 1.89. The molecule has 0 aliphatic carbocycles. The van der Waals surface area contributed by atoms with Gasteiger partial charge in [-0.2, -0.15) is 0 Å². The number of rotatable bonds is 5. The lowest BCUT2D eigenvalue weighted by Gasteiger charge is -2.04. The van der Waals surface area contributed by atoms with Crippen molar-refractivity contribution >= 4 is 0 Å². The highest BCUT2D eigenvalue weighted by atomic mass is 16.5. The Morgan fingerprint density at radius 1 is 1.67 bits per heavy atom. The Labute approximate surface area is 55.3 Å². The maximum absolute atomic E-state index is 8.65. The van der Waals surface area contributed by atoms with E-state index in [0.29, 0.717) is 6.61 Å². The van der Waals surface area contributed by atoms with E-state index in [1.54, 1.807) is 0 Å². The van der Waals surface area contributed by atoms with Crippen LogP contribution in [0.25, 0.3) is 0 Å². The van der Waals surface area contributed by atoms with E-state index < -0.39 is 6.10 Å². The van der Waals surface area contributed by atoms with Gasteiger partial charge in [0, 0.05) is 6.61 Å². The van der Waals surface area contributed by atoms with Crippen molar-refractivity contribution in [2.24, 2.45) is 0 Å². The van der Waals surface area contributed by atoms with Gasteiger partial charge in [-0.05, 0) is 6.42 Å². The van der Waals surface area contributed by atoms with Crippen molar-refractivity contribution in [3.8, 4) is 0 Å². The van der Waals surface area contributed by atoms with Crippen molar-refractivity contribution in [3.05, 3.63) is 6.61 Å². The summed E-state index contributed by atoms with van der Waals surface area (Å²) in [5.41, 5.74) is 0. The molecule has 3 heteroatoms. The van der Waals surface area contributed by atoms with Gasteiger partial charge in [0.25, 0.3) is 0 Å². The highest BCUT2D eigenvalue weighted by Crippen LogP contribution is 1.90. The lowest BCUT2D eigenvalue weighted by Crippen LogP contribution is -2.14. The Morgan fingerprint density at radius 3 is 2.78 bits per heavy atom. The van der Waals surface area contributed by atoms with E-state index in [-0.39, 0.29) is 6.61 Å². The van der Waals surface area contributed by atoms with Crippen LogP contribution in [0.4, 0.5) is 0 Å². The van der Waals surface area contributed by atoms with Gasteiger partial charge in [-0.1, -0.05) is 6.92 Å². The fourth-order valence-electron chi connectivity index (χ4n) is 0.340. The Balaban J connectivity index is 2.88. The minimum Gasteiger partial charge on any atom is -0.394 e. The summed E-state index contributed by atoms with van der Waals surface area (Å²) >= 11 is 0. The molecule has 55 valence electrons. The number of hydrogen-bond acceptors (Lipinski definition) is 3. The Hall–Kier alpha value is -0.120. The quantitative estimate of drug-likeness (QED) is 0.516. The zero-order valence-corrected chi connectivity index (χ0v) is 5.58. The Bertz CT molecular complexity index is 56.3. The van der Waals surface area contributed by atoms with Crippen LogP contribution < -0.4 is 0 Å². The lowest BCUT2D eigenvalue weighted by molar-refractivity contribution is 0.0512. The summed E-state index contributed by atoms with van der Waals surface area (Å²) in [5, 5.41) is 16.9. The molecule has 0 amide bonds. The van der Waals surface area contributed by atoms with Gasteiger partial charge in [-0.15, -0.1) is 0 Å². The molecule has 0 aromatic rings. The third-order valence-electron chi connectivity index (χ3n) is 0.762. The molecule has 1 unspecified atom stereocenters. The van der Waals surface area contributed by atoms with E-state index in [9.17, 15) is 0 Å². The predicted molar refractivity (Wildman–Crippen MR) is 33.6 cm³/mol. The van der Waals surface area contributed by atoms with Crippen LogP contribution in [0.2, 0.25) is 0 Å². The van der Waals surface area contributed by atoms with Crippen LogP contribution >= 0.6 is 0 Å². The first kappa shape index (κ1) is 8.88. The number of aliphatic hydroxyl groups excluding tert-OH is 2. The highest BCUT2D eigenvalue weighted by Gasteiger charge is 2.00. The third kappa shape index (κ3) is 5.76. The highest BCUT2D eigenvalue weighted by molar-refractivity contribution is 4.62. The van der Waals surface area contributed by atoms with Crippen LogP contribution in [0.15, 0.2) is 0 Å². The number of ether oxygens (including phenoxy) is 1. The number of aliphatic hydroxyl groups is 2. The van der Waals surface area contributed by atoms with Crippen molar-refractivity contribution in [2.75, 3.05) is 13.2 Å². The molecule has 1 atom stereocenters. The fourth-order valence-corrected chi connectivity index (χ4v) is 0.340. The van der Waals surface area contributed by atoms with Crippen LogP contribution in [0.5, 0.6) is 0 Å². The first-order chi connectivity index (χ1) is 4.31. The van der Waals surface area contributed by atoms with Gasteiger partial charge in [0.1, 0.15) is 12.7 Å². The topological polar surface area (TPSA) is 49.7 Å². The van der Waals surface area contributed by atoms with Gasteiger partial charge in [-0.3, -0.25) is 0 Å². The van der Waals surface area contributed by atoms with E-state index in [1.807, 2.05) is 6.92 Å². The molecule has 0 saturated heterocycles. The summed E-state index contributed by atoms with van der Waals surface area (Å²) in [5.74, 6) is 0. The van der Waals surface area contributed by atoms with E-state index >= 15 is 0 Å². The maximum Gasteiger partial charge on any atom is 0.114 e. The summed E-state index contributed by atoms with van der Waals surface area (Å²) in [4.78, 5) is 0. The Morgan fingerprint density at radius 2 is 2.33 bits per heavy atom. The van der Waals surface area contributed by atoms with Gasteiger partial charge in [-0.25, -0.2) is 0 Å². The smallest absolute Gasteiger partial charge is 0.114 e. The molecule has 0 fully saturated rings. The second-order valence-corrected chi connectivity index (χ2v) is 1.76. The predicted octanol–water partition coefficient (Wildman–Crippen LogP) is -0.0720. The van der Waals surface area contributed by atoms with Gasteiger partial charge in [0.15, 0.2) is 0 Å². The first-order valence-electron chi connectivity index (χ1n) is 3.05. The molecule has 0 spiro atoms. The lowest BCUT2D eigenvalue weighted by atomic mass is 10.4. The van der Waals surface area contributed by atoms with Gasteiger partial charge in [0.2, 0.25) is 0 Å². The first-order valence-corrected chi connectivity index (χ1v) is 3.05. The van der Waals surface area contributed by atoms with Crippen LogP contribution in [0.1, 0.15) is 13.3 Å². The normalized spacial score (nSPS) is 13.7. The second kappa shape index (κ2) is 6.01. The van der Waals surface area contributed by atoms with Gasteiger partial charge < -0.3 is 14.9 Å². The van der Waals surface area contributed by atoms with Crippen LogP contribution in [-0.4, -0.2) is 29.5 Å². The zero-order chi connectivity index (χ0) is 7.11. The van der Waals surface area contributed by atoms with Crippen molar-refractivity contribution in [1.29, 1.82) is 0 Å². The fraction of sp³-hybridized carbons (Fsp3) is 0.833. The van der Waals surface area contributed by atoms with E-state index in [2.05, 4.69) is 0 Å². The molecule has 0 aromatic heterocycles. The summed E-state index contributed by atoms with van der Waals surface area (Å²) < 4.78 is 4.80. The molecule has 0 bridgehead atoms. The van der Waals surface area contributed by atoms with Crippen LogP contribution in [0, 0.1) is 6.61 Å². The van der Waals surface area contributed by atoms with E-state index in [0.717, 1.165) is 6.42 Å². The summed E-state index contributed by atoms with van der Waals surface area (Å²) in [7, 11) is 0.